The number of para-hydroxylation sites is 4. The zero-order valence-electron chi connectivity index (χ0n) is 31.7. The third-order valence-corrected chi connectivity index (χ3v) is 11.4. The van der Waals surface area contributed by atoms with E-state index in [9.17, 15) is 10.0 Å². The van der Waals surface area contributed by atoms with Gasteiger partial charge in [0.05, 0.1) is 22.1 Å². The van der Waals surface area contributed by atoms with Gasteiger partial charge in [0, 0.05) is 58.9 Å². The zero-order valence-corrected chi connectivity index (χ0v) is 33.3. The zero-order chi connectivity index (χ0) is 39.5. The lowest BCUT2D eigenvalue weighted by Gasteiger charge is -2.08. The van der Waals surface area contributed by atoms with Crippen LogP contribution in [0.1, 0.15) is 13.8 Å². The average Bonchev–Trinajstić information content (AvgIpc) is 4.01. The fourth-order valence-corrected chi connectivity index (χ4v) is 8.72. The fraction of sp³-hybridized carbons (Fsp3) is 0.0400. The summed E-state index contributed by atoms with van der Waals surface area (Å²) in [7, 11) is -1.51. The minimum atomic E-state index is -1.51. The first-order chi connectivity index (χ1) is 28.5. The van der Waals surface area contributed by atoms with Gasteiger partial charge in [-0.05, 0) is 90.4 Å². The number of aromatic nitrogens is 2. The van der Waals surface area contributed by atoms with Crippen LogP contribution >= 0.6 is 15.9 Å². The van der Waals surface area contributed by atoms with Gasteiger partial charge in [-0.15, -0.1) is 0 Å². The van der Waals surface area contributed by atoms with Crippen LogP contribution in [0.5, 0.6) is 0 Å². The Balaban J connectivity index is 0.000000135. The molecule has 0 aliphatic carbocycles. The van der Waals surface area contributed by atoms with Crippen molar-refractivity contribution in [2.45, 2.75) is 13.8 Å². The van der Waals surface area contributed by atoms with E-state index in [4.69, 9.17) is 8.83 Å². The summed E-state index contributed by atoms with van der Waals surface area (Å²) in [4.78, 5) is 0. The molecular formula is C50H36BBrN2O4. The van der Waals surface area contributed by atoms with Gasteiger partial charge < -0.3 is 28.0 Å². The molecule has 6 nitrogen and oxygen atoms in total. The van der Waals surface area contributed by atoms with Crippen molar-refractivity contribution in [3.05, 3.63) is 174 Å². The van der Waals surface area contributed by atoms with E-state index < -0.39 is 7.12 Å². The minimum absolute atomic E-state index is 0.447. The summed E-state index contributed by atoms with van der Waals surface area (Å²) in [6.07, 6.45) is 0. The topological polar surface area (TPSA) is 76.6 Å². The first-order valence-electron chi connectivity index (χ1n) is 19.4. The van der Waals surface area contributed by atoms with Crippen LogP contribution in [-0.2, 0) is 0 Å². The van der Waals surface area contributed by atoms with E-state index >= 15 is 0 Å². The quantitative estimate of drug-likeness (QED) is 0.174. The largest absolute Gasteiger partial charge is 0.488 e. The summed E-state index contributed by atoms with van der Waals surface area (Å²) in [5.74, 6) is 0. The maximum atomic E-state index is 9.56. The second-order valence-electron chi connectivity index (χ2n) is 14.1. The molecule has 0 aliphatic heterocycles. The Hall–Kier alpha value is -6.58. The van der Waals surface area contributed by atoms with Crippen LogP contribution in [-0.4, -0.2) is 26.3 Å². The number of hydrogen-bond acceptors (Lipinski definition) is 4. The van der Waals surface area contributed by atoms with E-state index in [1.165, 1.54) is 32.6 Å². The van der Waals surface area contributed by atoms with Gasteiger partial charge in [-0.2, -0.15) is 0 Å². The molecule has 8 aromatic carbocycles. The molecule has 4 aromatic heterocycles. The Morgan fingerprint density at radius 1 is 0.397 bits per heavy atom. The highest BCUT2D eigenvalue weighted by atomic mass is 79.9. The van der Waals surface area contributed by atoms with E-state index in [1.54, 1.807) is 18.2 Å². The van der Waals surface area contributed by atoms with Crippen LogP contribution in [0.15, 0.2) is 183 Å². The third-order valence-electron chi connectivity index (χ3n) is 10.9. The fourth-order valence-electron chi connectivity index (χ4n) is 8.36. The molecule has 12 rings (SSSR count). The lowest BCUT2D eigenvalue weighted by molar-refractivity contribution is 0.426. The number of rotatable bonds is 3. The van der Waals surface area contributed by atoms with Crippen molar-refractivity contribution in [2.24, 2.45) is 0 Å². The molecule has 0 aliphatic rings. The standard InChI is InChI=1S/C24H16BNO3.C24H14BrNO.C2H6/c27-25(28)15-9-11-23-19(13-15)20-14-16(10-12-24(20)29-23)26-21-7-3-1-5-17(21)18-6-2-4-8-22(18)26;25-15-9-11-23-19(13-15)20-14-16(10-12-24(20)27-23)26-21-7-3-1-5-17(21)18-6-2-4-8-22(18)26;1-2/h1-14,27-28H;1-14H;1-2H3. The molecule has 0 amide bonds. The molecule has 0 unspecified atom stereocenters. The summed E-state index contributed by atoms with van der Waals surface area (Å²) in [6, 6.07) is 57.9. The predicted molar refractivity (Wildman–Crippen MR) is 245 cm³/mol. The highest BCUT2D eigenvalue weighted by molar-refractivity contribution is 9.10. The number of benzene rings is 8. The molecule has 0 bridgehead atoms. The van der Waals surface area contributed by atoms with Gasteiger partial charge in [0.1, 0.15) is 22.3 Å². The Kier molecular flexibility index (Phi) is 8.90. The van der Waals surface area contributed by atoms with Crippen molar-refractivity contribution in [3.63, 3.8) is 0 Å². The normalized spacial score (nSPS) is 11.5. The SMILES string of the molecule is Brc1ccc2oc3ccc(-n4c5ccccc5c5ccccc54)cc3c2c1.CC.OB(O)c1ccc2oc3ccc(-n4c5ccccc5c5ccccc54)cc3c2c1. The second-order valence-corrected chi connectivity index (χ2v) is 15.0. The van der Waals surface area contributed by atoms with E-state index in [0.29, 0.717) is 5.46 Å². The first kappa shape index (κ1) is 35.8. The molecule has 0 atom stereocenters. The molecule has 12 aromatic rings. The average molecular weight is 820 g/mol. The molecular weight excluding hydrogens is 783 g/mol. The second kappa shape index (κ2) is 14.4. The monoisotopic (exact) mass is 818 g/mol. The van der Waals surface area contributed by atoms with Gasteiger partial charge in [0.2, 0.25) is 0 Å². The molecule has 280 valence electrons. The van der Waals surface area contributed by atoms with Crippen molar-refractivity contribution in [3.8, 4) is 11.4 Å². The van der Waals surface area contributed by atoms with Crippen LogP contribution in [0, 0.1) is 0 Å². The van der Waals surface area contributed by atoms with Gasteiger partial charge >= 0.3 is 7.12 Å². The Bertz CT molecular complexity index is 3390. The number of hydrogen-bond donors (Lipinski definition) is 2. The van der Waals surface area contributed by atoms with E-state index in [0.717, 1.165) is 70.8 Å². The van der Waals surface area contributed by atoms with Crippen LogP contribution in [0.3, 0.4) is 0 Å². The van der Waals surface area contributed by atoms with E-state index in [2.05, 4.69) is 159 Å². The molecule has 4 heterocycles. The van der Waals surface area contributed by atoms with Crippen LogP contribution in [0.25, 0.3) is 98.9 Å². The van der Waals surface area contributed by atoms with E-state index in [1.807, 2.05) is 32.0 Å². The van der Waals surface area contributed by atoms with Crippen LogP contribution in [0.4, 0.5) is 0 Å². The molecule has 2 N–H and O–H groups in total. The smallest absolute Gasteiger partial charge is 0.456 e. The molecule has 0 fully saturated rings. The van der Waals surface area contributed by atoms with Crippen LogP contribution in [0.2, 0.25) is 0 Å². The van der Waals surface area contributed by atoms with Gasteiger partial charge in [-0.1, -0.05) is 115 Å². The minimum Gasteiger partial charge on any atom is -0.456 e. The Morgan fingerprint density at radius 2 is 0.741 bits per heavy atom. The summed E-state index contributed by atoms with van der Waals surface area (Å²) in [5, 5.41) is 28.2. The Labute approximate surface area is 342 Å². The van der Waals surface area contributed by atoms with Crippen molar-refractivity contribution >= 4 is 116 Å². The number of nitrogens with zero attached hydrogens (tertiary/aromatic N) is 2. The highest BCUT2D eigenvalue weighted by Gasteiger charge is 2.17. The Morgan fingerprint density at radius 3 is 1.16 bits per heavy atom. The molecule has 58 heavy (non-hydrogen) atoms. The van der Waals surface area contributed by atoms with Gasteiger partial charge in [0.25, 0.3) is 0 Å². The van der Waals surface area contributed by atoms with Crippen molar-refractivity contribution in [1.29, 1.82) is 0 Å². The highest BCUT2D eigenvalue weighted by Crippen LogP contribution is 2.37. The van der Waals surface area contributed by atoms with Crippen molar-refractivity contribution in [2.75, 3.05) is 0 Å². The van der Waals surface area contributed by atoms with Crippen LogP contribution < -0.4 is 5.46 Å². The molecule has 8 heteroatoms. The third kappa shape index (κ3) is 5.79. The van der Waals surface area contributed by atoms with Gasteiger partial charge in [-0.25, -0.2) is 0 Å². The molecule has 0 spiro atoms. The molecule has 0 saturated heterocycles. The van der Waals surface area contributed by atoms with Crippen molar-refractivity contribution < 1.29 is 18.9 Å². The van der Waals surface area contributed by atoms with Crippen molar-refractivity contribution in [1.82, 2.24) is 9.13 Å². The van der Waals surface area contributed by atoms with Gasteiger partial charge in [-0.3, -0.25) is 0 Å². The predicted octanol–water partition coefficient (Wildman–Crippen LogP) is 12.8. The number of fused-ring (bicyclic) bond motifs is 12. The lowest BCUT2D eigenvalue weighted by atomic mass is 9.80. The molecule has 0 saturated carbocycles. The summed E-state index contributed by atoms with van der Waals surface area (Å²) < 4.78 is 17.6. The van der Waals surface area contributed by atoms with E-state index in [-0.39, 0.29) is 0 Å². The summed E-state index contributed by atoms with van der Waals surface area (Å²) >= 11 is 3.58. The maximum Gasteiger partial charge on any atom is 0.488 e. The number of halogens is 1. The maximum absolute atomic E-state index is 9.56. The lowest BCUT2D eigenvalue weighted by Crippen LogP contribution is -2.29. The number of furan rings is 2. The molecule has 0 radical (unpaired) electrons. The first-order valence-corrected chi connectivity index (χ1v) is 20.2. The van der Waals surface area contributed by atoms with Gasteiger partial charge in [0.15, 0.2) is 0 Å². The summed E-state index contributed by atoms with van der Waals surface area (Å²) in [6.45, 7) is 4.00. The summed E-state index contributed by atoms with van der Waals surface area (Å²) in [5.41, 5.74) is 10.7.